The lowest BCUT2D eigenvalue weighted by atomic mass is 10.1. The topological polar surface area (TPSA) is 92.4 Å². The fourth-order valence-electron chi connectivity index (χ4n) is 1.38. The molecule has 0 aliphatic heterocycles. The van der Waals surface area contributed by atoms with Gasteiger partial charge in [0.25, 0.3) is 0 Å². The van der Waals surface area contributed by atoms with Gasteiger partial charge in [-0.2, -0.15) is 11.8 Å². The molecule has 0 radical (unpaired) electrons. The van der Waals surface area contributed by atoms with Gasteiger partial charge < -0.3 is 16.2 Å². The second kappa shape index (κ2) is 5.54. The first-order chi connectivity index (χ1) is 7.52. The van der Waals surface area contributed by atoms with Crippen LogP contribution in [0.5, 0.6) is 0 Å². The van der Waals surface area contributed by atoms with E-state index in [9.17, 15) is 9.59 Å². The summed E-state index contributed by atoms with van der Waals surface area (Å²) in [6.07, 6.45) is 3.85. The SMILES string of the molecule is CSCC[C@H](N)C(=O)NCC1(C(=O)O)CC1. The first kappa shape index (κ1) is 13.3. The van der Waals surface area contributed by atoms with E-state index in [1.807, 2.05) is 6.26 Å². The van der Waals surface area contributed by atoms with Gasteiger partial charge in [-0.05, 0) is 31.3 Å². The summed E-state index contributed by atoms with van der Waals surface area (Å²) >= 11 is 1.63. The van der Waals surface area contributed by atoms with Crippen molar-refractivity contribution in [2.45, 2.75) is 25.3 Å². The average molecular weight is 246 g/mol. The van der Waals surface area contributed by atoms with Crippen molar-refractivity contribution in [2.75, 3.05) is 18.6 Å². The third kappa shape index (κ3) is 3.38. The van der Waals surface area contributed by atoms with Crippen molar-refractivity contribution in [3.8, 4) is 0 Å². The molecule has 0 aromatic carbocycles. The van der Waals surface area contributed by atoms with E-state index in [4.69, 9.17) is 10.8 Å². The van der Waals surface area contributed by atoms with Crippen LogP contribution in [0.15, 0.2) is 0 Å². The average Bonchev–Trinajstić information content (AvgIpc) is 3.03. The normalized spacial score (nSPS) is 18.9. The summed E-state index contributed by atoms with van der Waals surface area (Å²) in [5.74, 6) is -0.245. The molecule has 1 amide bonds. The van der Waals surface area contributed by atoms with Gasteiger partial charge in [0.15, 0.2) is 0 Å². The molecule has 1 aliphatic rings. The van der Waals surface area contributed by atoms with Crippen molar-refractivity contribution < 1.29 is 14.7 Å². The highest BCUT2D eigenvalue weighted by atomic mass is 32.2. The third-order valence-corrected chi connectivity index (χ3v) is 3.52. The van der Waals surface area contributed by atoms with Crippen LogP contribution < -0.4 is 11.1 Å². The van der Waals surface area contributed by atoms with Crippen molar-refractivity contribution in [3.63, 3.8) is 0 Å². The van der Waals surface area contributed by atoms with Gasteiger partial charge in [-0.25, -0.2) is 0 Å². The van der Waals surface area contributed by atoms with Gasteiger partial charge in [0.05, 0.1) is 11.5 Å². The molecule has 0 saturated heterocycles. The van der Waals surface area contributed by atoms with E-state index in [0.29, 0.717) is 19.3 Å². The summed E-state index contributed by atoms with van der Waals surface area (Å²) in [6.45, 7) is 0.203. The van der Waals surface area contributed by atoms with Crippen molar-refractivity contribution in [1.29, 1.82) is 0 Å². The molecular weight excluding hydrogens is 228 g/mol. The van der Waals surface area contributed by atoms with Gasteiger partial charge in [0, 0.05) is 6.54 Å². The maximum atomic E-state index is 11.5. The van der Waals surface area contributed by atoms with Crippen LogP contribution in [0.4, 0.5) is 0 Å². The number of aliphatic carboxylic acids is 1. The molecule has 0 heterocycles. The Kier molecular flexibility index (Phi) is 4.61. The number of thioether (sulfide) groups is 1. The summed E-state index contributed by atoms with van der Waals surface area (Å²) in [5.41, 5.74) is 4.94. The van der Waals surface area contributed by atoms with Crippen LogP contribution in [0.1, 0.15) is 19.3 Å². The second-order valence-corrected chi connectivity index (χ2v) is 5.18. The number of amides is 1. The lowest BCUT2D eigenvalue weighted by Gasteiger charge is -2.14. The maximum Gasteiger partial charge on any atom is 0.311 e. The zero-order valence-corrected chi connectivity index (χ0v) is 10.2. The van der Waals surface area contributed by atoms with Crippen molar-refractivity contribution >= 4 is 23.6 Å². The molecule has 1 aliphatic carbocycles. The highest BCUT2D eigenvalue weighted by molar-refractivity contribution is 7.98. The summed E-state index contributed by atoms with van der Waals surface area (Å²) in [4.78, 5) is 22.4. The Balaban J connectivity index is 2.27. The Morgan fingerprint density at radius 3 is 2.62 bits per heavy atom. The fourth-order valence-corrected chi connectivity index (χ4v) is 1.87. The molecule has 1 fully saturated rings. The van der Waals surface area contributed by atoms with Gasteiger partial charge in [-0.3, -0.25) is 9.59 Å². The summed E-state index contributed by atoms with van der Waals surface area (Å²) in [5, 5.41) is 11.5. The smallest absolute Gasteiger partial charge is 0.311 e. The highest BCUT2D eigenvalue weighted by Crippen LogP contribution is 2.45. The minimum absolute atomic E-state index is 0.203. The highest BCUT2D eigenvalue weighted by Gasteiger charge is 2.50. The quantitative estimate of drug-likeness (QED) is 0.590. The standard InChI is InChI=1S/C10H18N2O3S/c1-16-5-2-7(11)8(13)12-6-10(3-4-10)9(14)15/h7H,2-6,11H2,1H3,(H,12,13)(H,14,15)/t7-/m0/s1. The van der Waals surface area contributed by atoms with E-state index in [1.165, 1.54) is 0 Å². The van der Waals surface area contributed by atoms with E-state index < -0.39 is 17.4 Å². The first-order valence-electron chi connectivity index (χ1n) is 5.27. The van der Waals surface area contributed by atoms with Crippen LogP contribution in [-0.2, 0) is 9.59 Å². The van der Waals surface area contributed by atoms with Crippen molar-refractivity contribution in [3.05, 3.63) is 0 Å². The molecule has 0 bridgehead atoms. The Bertz CT molecular complexity index is 279. The molecule has 92 valence electrons. The molecule has 0 aromatic rings. The second-order valence-electron chi connectivity index (χ2n) is 4.19. The Labute approximate surface area is 99.1 Å². The van der Waals surface area contributed by atoms with E-state index in [-0.39, 0.29) is 12.5 Å². The Morgan fingerprint density at radius 1 is 1.56 bits per heavy atom. The van der Waals surface area contributed by atoms with Gasteiger partial charge in [0.2, 0.25) is 5.91 Å². The number of carbonyl (C=O) groups excluding carboxylic acids is 1. The minimum atomic E-state index is -0.828. The van der Waals surface area contributed by atoms with Crippen molar-refractivity contribution in [1.82, 2.24) is 5.32 Å². The molecule has 5 nitrogen and oxygen atoms in total. The molecule has 1 atom stereocenters. The number of hydrogen-bond acceptors (Lipinski definition) is 4. The van der Waals surface area contributed by atoms with Crippen molar-refractivity contribution in [2.24, 2.45) is 11.1 Å². The Morgan fingerprint density at radius 2 is 2.19 bits per heavy atom. The lowest BCUT2D eigenvalue weighted by Crippen LogP contribution is -2.44. The first-order valence-corrected chi connectivity index (χ1v) is 6.67. The number of hydrogen-bond donors (Lipinski definition) is 3. The van der Waals surface area contributed by atoms with Crippen LogP contribution in [0.2, 0.25) is 0 Å². The van der Waals surface area contributed by atoms with E-state index in [0.717, 1.165) is 5.75 Å². The zero-order chi connectivity index (χ0) is 12.2. The zero-order valence-electron chi connectivity index (χ0n) is 9.36. The Hall–Kier alpha value is -0.750. The van der Waals surface area contributed by atoms with E-state index in [1.54, 1.807) is 11.8 Å². The molecule has 4 N–H and O–H groups in total. The van der Waals surface area contributed by atoms with Gasteiger partial charge in [-0.1, -0.05) is 0 Å². The minimum Gasteiger partial charge on any atom is -0.481 e. The number of nitrogens with one attached hydrogen (secondary N) is 1. The van der Waals surface area contributed by atoms with Gasteiger partial charge >= 0.3 is 5.97 Å². The monoisotopic (exact) mass is 246 g/mol. The molecule has 16 heavy (non-hydrogen) atoms. The molecule has 1 saturated carbocycles. The maximum absolute atomic E-state index is 11.5. The predicted molar refractivity (Wildman–Crippen MR) is 63.3 cm³/mol. The molecular formula is C10H18N2O3S. The molecule has 0 unspecified atom stereocenters. The summed E-state index contributed by atoms with van der Waals surface area (Å²) in [6, 6.07) is -0.531. The van der Waals surface area contributed by atoms with Crippen LogP contribution in [0.25, 0.3) is 0 Å². The summed E-state index contributed by atoms with van der Waals surface area (Å²) in [7, 11) is 0. The van der Waals surface area contributed by atoms with Crippen LogP contribution in [0.3, 0.4) is 0 Å². The van der Waals surface area contributed by atoms with Gasteiger partial charge in [0.1, 0.15) is 0 Å². The lowest BCUT2D eigenvalue weighted by molar-refractivity contribution is -0.143. The largest absolute Gasteiger partial charge is 0.481 e. The number of carboxylic acid groups (broad SMARTS) is 1. The van der Waals surface area contributed by atoms with Crippen LogP contribution in [0, 0.1) is 5.41 Å². The number of rotatable bonds is 7. The predicted octanol–water partition coefficient (Wildman–Crippen LogP) is 0.0478. The van der Waals surface area contributed by atoms with E-state index in [2.05, 4.69) is 5.32 Å². The van der Waals surface area contributed by atoms with E-state index >= 15 is 0 Å². The molecule has 1 rings (SSSR count). The summed E-state index contributed by atoms with van der Waals surface area (Å²) < 4.78 is 0. The molecule has 0 aromatic heterocycles. The molecule has 0 spiro atoms. The number of carbonyl (C=O) groups is 2. The molecule has 6 heteroatoms. The number of nitrogens with two attached hydrogens (primary N) is 1. The number of carboxylic acids is 1. The van der Waals surface area contributed by atoms with Gasteiger partial charge in [-0.15, -0.1) is 0 Å². The fraction of sp³-hybridized carbons (Fsp3) is 0.800. The van der Waals surface area contributed by atoms with Crippen LogP contribution in [-0.4, -0.2) is 41.6 Å². The van der Waals surface area contributed by atoms with Crippen LogP contribution >= 0.6 is 11.8 Å². The third-order valence-electron chi connectivity index (χ3n) is 2.88.